The van der Waals surface area contributed by atoms with Crippen LogP contribution in [0.2, 0.25) is 0 Å². The lowest BCUT2D eigenvalue weighted by molar-refractivity contribution is 0.221. The molecular weight excluding hydrogens is 345 g/mol. The van der Waals surface area contributed by atoms with Crippen LogP contribution in [0.4, 0.5) is 4.39 Å². The fraction of sp³-hybridized carbons (Fsp3) is 0.588. The number of nitrogens with one attached hydrogen (secondary N) is 1. The summed E-state index contributed by atoms with van der Waals surface area (Å²) in [5.74, 6) is 1.05. The van der Waals surface area contributed by atoms with Crippen LogP contribution >= 0.6 is 0 Å². The molecule has 6 nitrogen and oxygen atoms in total. The van der Waals surface area contributed by atoms with Crippen LogP contribution in [-0.2, 0) is 9.84 Å². The minimum Gasteiger partial charge on any atom is -0.489 e. The lowest BCUT2D eigenvalue weighted by Gasteiger charge is -2.39. The first kappa shape index (κ1) is 19.5. The van der Waals surface area contributed by atoms with Crippen LogP contribution < -0.4 is 10.1 Å². The zero-order chi connectivity index (χ0) is 18.7. The smallest absolute Gasteiger partial charge is 0.193 e. The van der Waals surface area contributed by atoms with E-state index >= 15 is 0 Å². The van der Waals surface area contributed by atoms with Gasteiger partial charge in [0.1, 0.15) is 17.7 Å². The summed E-state index contributed by atoms with van der Waals surface area (Å²) in [5, 5.41) is 3.22. The zero-order valence-electron chi connectivity index (χ0n) is 15.1. The van der Waals surface area contributed by atoms with Crippen molar-refractivity contribution in [2.45, 2.75) is 31.6 Å². The predicted octanol–water partition coefficient (Wildman–Crippen LogP) is 1.68. The molecule has 1 aliphatic rings. The molecule has 0 radical (unpaired) electrons. The second-order valence-electron chi connectivity index (χ2n) is 6.81. The van der Waals surface area contributed by atoms with Gasteiger partial charge in [0.2, 0.25) is 0 Å². The molecule has 25 heavy (non-hydrogen) atoms. The first-order valence-corrected chi connectivity index (χ1v) is 9.90. The van der Waals surface area contributed by atoms with Crippen molar-refractivity contribution < 1.29 is 17.5 Å². The van der Waals surface area contributed by atoms with Gasteiger partial charge in [-0.1, -0.05) is 0 Å². The van der Waals surface area contributed by atoms with Crippen LogP contribution in [0.15, 0.2) is 29.3 Å². The quantitative estimate of drug-likeness (QED) is 0.644. The average Bonchev–Trinajstić information content (AvgIpc) is 2.53. The van der Waals surface area contributed by atoms with Gasteiger partial charge < -0.3 is 15.0 Å². The first-order chi connectivity index (χ1) is 11.6. The van der Waals surface area contributed by atoms with Gasteiger partial charge in [-0.25, -0.2) is 12.8 Å². The molecule has 0 bridgehead atoms. The van der Waals surface area contributed by atoms with Gasteiger partial charge in [0, 0.05) is 20.1 Å². The van der Waals surface area contributed by atoms with Crippen molar-refractivity contribution in [2.24, 2.45) is 4.99 Å². The maximum atomic E-state index is 12.9. The van der Waals surface area contributed by atoms with Crippen molar-refractivity contribution in [1.82, 2.24) is 10.2 Å². The van der Waals surface area contributed by atoms with E-state index in [1.54, 1.807) is 33.0 Å². The molecule has 1 aliphatic heterocycles. The monoisotopic (exact) mass is 371 g/mol. The molecule has 0 saturated carbocycles. The van der Waals surface area contributed by atoms with Crippen LogP contribution in [0.1, 0.15) is 20.8 Å². The first-order valence-electron chi connectivity index (χ1n) is 8.25. The molecule has 2 rings (SSSR count). The Hall–Kier alpha value is -1.83. The molecule has 1 aromatic rings. The van der Waals surface area contributed by atoms with Crippen LogP contribution in [0.25, 0.3) is 0 Å². The molecule has 0 aromatic heterocycles. The molecule has 1 heterocycles. The molecule has 0 spiro atoms. The highest BCUT2D eigenvalue weighted by molar-refractivity contribution is 7.92. The molecule has 8 heteroatoms. The molecule has 1 unspecified atom stereocenters. The van der Waals surface area contributed by atoms with Crippen LogP contribution in [0.5, 0.6) is 5.75 Å². The number of hydrogen-bond acceptors (Lipinski definition) is 4. The van der Waals surface area contributed by atoms with Crippen LogP contribution in [0, 0.1) is 5.82 Å². The number of benzene rings is 1. The molecule has 1 N–H and O–H groups in total. The van der Waals surface area contributed by atoms with Gasteiger partial charge in [-0.3, -0.25) is 4.99 Å². The number of guanidine groups is 1. The number of sulfone groups is 1. The third-order valence-corrected chi connectivity index (χ3v) is 6.79. The van der Waals surface area contributed by atoms with Crippen molar-refractivity contribution in [3.63, 3.8) is 0 Å². The predicted molar refractivity (Wildman–Crippen MR) is 97.3 cm³/mol. The van der Waals surface area contributed by atoms with Gasteiger partial charge in [0.25, 0.3) is 0 Å². The van der Waals surface area contributed by atoms with E-state index < -0.39 is 14.6 Å². The summed E-state index contributed by atoms with van der Waals surface area (Å²) in [6.45, 7) is 6.67. The standard InChI is InChI=1S/C17H26FN3O3S/c1-13(24-15-7-5-14(18)6-8-15)11-20-16(19-4)21-9-10-25(22,23)17(2,3)12-21/h5-8,13H,9-12H2,1-4H3,(H,19,20). The Balaban J connectivity index is 1.91. The topological polar surface area (TPSA) is 71.0 Å². The molecule has 1 saturated heterocycles. The maximum absolute atomic E-state index is 12.9. The Morgan fingerprint density at radius 2 is 2.04 bits per heavy atom. The second-order valence-corrected chi connectivity index (χ2v) is 9.55. The van der Waals surface area contributed by atoms with Crippen molar-refractivity contribution >= 4 is 15.8 Å². The Labute approximate surface area is 149 Å². The Morgan fingerprint density at radius 3 is 2.60 bits per heavy atom. The van der Waals surface area contributed by atoms with Gasteiger partial charge in [-0.05, 0) is 45.0 Å². The van der Waals surface area contributed by atoms with Crippen molar-refractivity contribution in [2.75, 3.05) is 32.4 Å². The van der Waals surface area contributed by atoms with E-state index in [4.69, 9.17) is 4.74 Å². The molecule has 1 fully saturated rings. The van der Waals surface area contributed by atoms with E-state index in [-0.39, 0.29) is 17.7 Å². The fourth-order valence-electron chi connectivity index (χ4n) is 2.68. The van der Waals surface area contributed by atoms with E-state index in [9.17, 15) is 12.8 Å². The third kappa shape index (κ3) is 4.84. The highest BCUT2D eigenvalue weighted by Crippen LogP contribution is 2.23. The Kier molecular flexibility index (Phi) is 5.92. The molecule has 1 atom stereocenters. The number of nitrogens with zero attached hydrogens (tertiary/aromatic N) is 2. The fourth-order valence-corrected chi connectivity index (χ4v) is 4.04. The van der Waals surface area contributed by atoms with E-state index in [0.717, 1.165) is 0 Å². The van der Waals surface area contributed by atoms with E-state index in [1.807, 2.05) is 11.8 Å². The summed E-state index contributed by atoms with van der Waals surface area (Å²) in [6, 6.07) is 5.87. The lowest BCUT2D eigenvalue weighted by Crippen LogP contribution is -2.57. The summed E-state index contributed by atoms with van der Waals surface area (Å²) in [6.07, 6.45) is -0.163. The van der Waals surface area contributed by atoms with E-state index in [1.165, 1.54) is 12.1 Å². The number of rotatable bonds is 4. The number of aliphatic imine (C=N–C) groups is 1. The summed E-state index contributed by atoms with van der Waals surface area (Å²) < 4.78 is 42.1. The second kappa shape index (κ2) is 7.59. The summed E-state index contributed by atoms with van der Waals surface area (Å²) >= 11 is 0. The van der Waals surface area contributed by atoms with Gasteiger partial charge >= 0.3 is 0 Å². The zero-order valence-corrected chi connectivity index (χ0v) is 15.9. The average molecular weight is 371 g/mol. The van der Waals surface area contributed by atoms with Crippen LogP contribution in [0.3, 0.4) is 0 Å². The molecule has 1 aromatic carbocycles. The largest absolute Gasteiger partial charge is 0.489 e. The number of halogens is 1. The Bertz CT molecular complexity index is 717. The van der Waals surface area contributed by atoms with Gasteiger partial charge in [-0.2, -0.15) is 0 Å². The van der Waals surface area contributed by atoms with Crippen LogP contribution in [-0.4, -0.2) is 62.6 Å². The molecule has 0 amide bonds. The lowest BCUT2D eigenvalue weighted by atomic mass is 10.2. The minimum atomic E-state index is -3.09. The van der Waals surface area contributed by atoms with Crippen molar-refractivity contribution in [3.8, 4) is 5.75 Å². The van der Waals surface area contributed by atoms with Crippen molar-refractivity contribution in [3.05, 3.63) is 30.1 Å². The minimum absolute atomic E-state index is 0.113. The van der Waals surface area contributed by atoms with Gasteiger partial charge in [0.15, 0.2) is 15.8 Å². The number of hydrogen-bond donors (Lipinski definition) is 1. The normalized spacial score (nSPS) is 20.8. The summed E-state index contributed by atoms with van der Waals surface area (Å²) in [7, 11) is -1.42. The molecule has 140 valence electrons. The SMILES string of the molecule is CN=C(NCC(C)Oc1ccc(F)cc1)N1CCS(=O)(=O)C(C)(C)C1. The van der Waals surface area contributed by atoms with Crippen molar-refractivity contribution in [1.29, 1.82) is 0 Å². The third-order valence-electron chi connectivity index (χ3n) is 4.25. The Morgan fingerprint density at radius 1 is 1.40 bits per heavy atom. The van der Waals surface area contributed by atoms with Gasteiger partial charge in [0.05, 0.1) is 17.0 Å². The molecule has 0 aliphatic carbocycles. The van der Waals surface area contributed by atoms with E-state index in [2.05, 4.69) is 10.3 Å². The maximum Gasteiger partial charge on any atom is 0.193 e. The summed E-state index contributed by atoms with van der Waals surface area (Å²) in [5.41, 5.74) is 0. The van der Waals surface area contributed by atoms with E-state index in [0.29, 0.717) is 31.3 Å². The molecular formula is C17H26FN3O3S. The highest BCUT2D eigenvalue weighted by Gasteiger charge is 2.40. The van der Waals surface area contributed by atoms with Gasteiger partial charge in [-0.15, -0.1) is 0 Å². The highest BCUT2D eigenvalue weighted by atomic mass is 32.2. The number of ether oxygens (including phenoxy) is 1. The summed E-state index contributed by atoms with van der Waals surface area (Å²) in [4.78, 5) is 6.20.